The lowest BCUT2D eigenvalue weighted by atomic mass is 9.92. The summed E-state index contributed by atoms with van der Waals surface area (Å²) in [7, 11) is 0. The number of hydrogen-bond donors (Lipinski definition) is 1. The van der Waals surface area contributed by atoms with Gasteiger partial charge in [0.05, 0.1) is 5.69 Å². The Hall–Kier alpha value is -2.98. The van der Waals surface area contributed by atoms with Gasteiger partial charge in [0.2, 0.25) is 0 Å². The van der Waals surface area contributed by atoms with Gasteiger partial charge in [0.1, 0.15) is 5.82 Å². The highest BCUT2D eigenvalue weighted by molar-refractivity contribution is 5.95. The normalized spacial score (nSPS) is 15.8. The molecule has 4 aromatic rings. The van der Waals surface area contributed by atoms with Crippen molar-refractivity contribution in [2.75, 3.05) is 13.1 Å². The van der Waals surface area contributed by atoms with Crippen LogP contribution in [0.4, 0.5) is 4.39 Å². The van der Waals surface area contributed by atoms with Crippen LogP contribution in [-0.4, -0.2) is 28.2 Å². The predicted molar refractivity (Wildman–Crippen MR) is 115 cm³/mol. The lowest BCUT2D eigenvalue weighted by Gasteiger charge is -2.31. The zero-order valence-corrected chi connectivity index (χ0v) is 16.3. The van der Waals surface area contributed by atoms with Crippen molar-refractivity contribution in [3.05, 3.63) is 89.9 Å². The molecule has 0 bridgehead atoms. The highest BCUT2D eigenvalue weighted by Gasteiger charge is 2.22. The van der Waals surface area contributed by atoms with Gasteiger partial charge in [-0.15, -0.1) is 0 Å². The Bertz CT molecular complexity index is 1100. The van der Waals surface area contributed by atoms with E-state index in [0.717, 1.165) is 38.2 Å². The van der Waals surface area contributed by atoms with Gasteiger partial charge in [-0.3, -0.25) is 10.00 Å². The zero-order chi connectivity index (χ0) is 19.6. The number of rotatable bonds is 4. The molecule has 1 fully saturated rings. The number of likely N-dealkylation sites (tertiary alicyclic amines) is 1. The summed E-state index contributed by atoms with van der Waals surface area (Å²) in [6.07, 6.45) is 2.22. The van der Waals surface area contributed by atoms with E-state index in [1.807, 2.05) is 12.1 Å². The van der Waals surface area contributed by atoms with Crippen LogP contribution in [0, 0.1) is 5.82 Å². The Morgan fingerprint density at radius 1 is 0.931 bits per heavy atom. The third kappa shape index (κ3) is 3.81. The van der Waals surface area contributed by atoms with Gasteiger partial charge in [-0.2, -0.15) is 5.10 Å². The molecule has 29 heavy (non-hydrogen) atoms. The van der Waals surface area contributed by atoms with E-state index in [-0.39, 0.29) is 5.82 Å². The van der Waals surface area contributed by atoms with Crippen LogP contribution >= 0.6 is 0 Å². The number of nitrogens with zero attached hydrogens (tertiary/aromatic N) is 2. The van der Waals surface area contributed by atoms with Crippen molar-refractivity contribution in [1.29, 1.82) is 0 Å². The molecule has 0 radical (unpaired) electrons. The van der Waals surface area contributed by atoms with Crippen LogP contribution in [0.3, 0.4) is 0 Å². The molecule has 3 aromatic carbocycles. The first-order chi connectivity index (χ1) is 14.3. The number of piperidine rings is 1. The van der Waals surface area contributed by atoms with E-state index < -0.39 is 0 Å². The fraction of sp³-hybridized carbons (Fsp3) is 0.240. The van der Waals surface area contributed by atoms with E-state index in [1.165, 1.54) is 27.6 Å². The maximum Gasteiger partial charge on any atom is 0.123 e. The molecule has 0 saturated carbocycles. The van der Waals surface area contributed by atoms with Gasteiger partial charge in [0.15, 0.2) is 0 Å². The molecule has 1 aliphatic rings. The number of fused-ring (bicyclic) bond motifs is 1. The summed E-state index contributed by atoms with van der Waals surface area (Å²) in [4.78, 5) is 2.45. The quantitative estimate of drug-likeness (QED) is 0.485. The van der Waals surface area contributed by atoms with Crippen LogP contribution in [-0.2, 0) is 6.54 Å². The Morgan fingerprint density at radius 2 is 1.69 bits per heavy atom. The highest BCUT2D eigenvalue weighted by atomic mass is 19.1. The number of aromatic nitrogens is 2. The summed E-state index contributed by atoms with van der Waals surface area (Å²) in [5.74, 6) is 0.337. The first-order valence-corrected chi connectivity index (χ1v) is 10.3. The van der Waals surface area contributed by atoms with Gasteiger partial charge in [-0.1, -0.05) is 54.6 Å². The molecule has 1 aromatic heterocycles. The van der Waals surface area contributed by atoms with Crippen LogP contribution in [0.2, 0.25) is 0 Å². The topological polar surface area (TPSA) is 31.9 Å². The smallest absolute Gasteiger partial charge is 0.123 e. The molecule has 2 heterocycles. The minimum Gasteiger partial charge on any atom is -0.299 e. The van der Waals surface area contributed by atoms with Gasteiger partial charge in [-0.25, -0.2) is 4.39 Å². The molecule has 0 atom stereocenters. The Labute approximate surface area is 170 Å². The molecule has 4 heteroatoms. The number of benzene rings is 3. The SMILES string of the molecule is Fc1ccc(CN2CCC(c3cc(-c4cccc5ccccc45)n[nH]3)CC2)cc1. The van der Waals surface area contributed by atoms with Gasteiger partial charge in [0.25, 0.3) is 0 Å². The highest BCUT2D eigenvalue weighted by Crippen LogP contribution is 2.32. The van der Waals surface area contributed by atoms with E-state index in [9.17, 15) is 4.39 Å². The molecule has 3 nitrogen and oxygen atoms in total. The number of halogens is 1. The molecule has 0 unspecified atom stereocenters. The maximum absolute atomic E-state index is 13.1. The standard InChI is InChI=1S/C25H24FN3/c26-21-10-8-18(9-11-21)17-29-14-12-20(13-15-29)24-16-25(28-27-24)23-7-3-5-19-4-1-2-6-22(19)23/h1-11,16,20H,12-15,17H2,(H,27,28). The van der Waals surface area contributed by atoms with Crippen LogP contribution in [0.5, 0.6) is 0 Å². The lowest BCUT2D eigenvalue weighted by molar-refractivity contribution is 0.203. The van der Waals surface area contributed by atoms with Crippen LogP contribution in [0.1, 0.15) is 30.0 Å². The minimum absolute atomic E-state index is 0.172. The van der Waals surface area contributed by atoms with E-state index in [4.69, 9.17) is 0 Å². The summed E-state index contributed by atoms with van der Waals surface area (Å²) in [5.41, 5.74) is 4.60. The average Bonchev–Trinajstić information content (AvgIpc) is 3.25. The second kappa shape index (κ2) is 7.80. The minimum atomic E-state index is -0.172. The third-order valence-electron chi connectivity index (χ3n) is 6.01. The number of aromatic amines is 1. The van der Waals surface area contributed by atoms with Gasteiger partial charge >= 0.3 is 0 Å². The van der Waals surface area contributed by atoms with Gasteiger partial charge in [-0.05, 0) is 60.5 Å². The van der Waals surface area contributed by atoms with E-state index in [1.54, 1.807) is 12.1 Å². The molecule has 0 amide bonds. The van der Waals surface area contributed by atoms with Crippen molar-refractivity contribution >= 4 is 10.8 Å². The summed E-state index contributed by atoms with van der Waals surface area (Å²) >= 11 is 0. The van der Waals surface area contributed by atoms with Crippen molar-refractivity contribution in [2.45, 2.75) is 25.3 Å². The average molecular weight is 385 g/mol. The van der Waals surface area contributed by atoms with Crippen molar-refractivity contribution in [2.24, 2.45) is 0 Å². The van der Waals surface area contributed by atoms with Gasteiger partial charge < -0.3 is 0 Å². The lowest BCUT2D eigenvalue weighted by Crippen LogP contribution is -2.32. The van der Waals surface area contributed by atoms with Gasteiger partial charge in [0, 0.05) is 23.7 Å². The Morgan fingerprint density at radius 3 is 2.52 bits per heavy atom. The van der Waals surface area contributed by atoms with Crippen LogP contribution < -0.4 is 0 Å². The van der Waals surface area contributed by atoms with E-state index in [0.29, 0.717) is 5.92 Å². The fourth-order valence-corrected chi connectivity index (χ4v) is 4.38. The van der Waals surface area contributed by atoms with Crippen molar-refractivity contribution in [1.82, 2.24) is 15.1 Å². The number of H-pyrrole nitrogens is 1. The zero-order valence-electron chi connectivity index (χ0n) is 16.3. The first kappa shape index (κ1) is 18.1. The molecular formula is C25H24FN3. The first-order valence-electron chi connectivity index (χ1n) is 10.3. The van der Waals surface area contributed by atoms with Crippen LogP contribution in [0.15, 0.2) is 72.8 Å². The van der Waals surface area contributed by atoms with Crippen molar-refractivity contribution in [3.8, 4) is 11.3 Å². The molecular weight excluding hydrogens is 361 g/mol. The summed E-state index contributed by atoms with van der Waals surface area (Å²) in [5, 5.41) is 10.4. The second-order valence-electron chi connectivity index (χ2n) is 7.91. The van der Waals surface area contributed by atoms with Crippen molar-refractivity contribution in [3.63, 3.8) is 0 Å². The molecule has 0 spiro atoms. The molecule has 146 valence electrons. The second-order valence-corrected chi connectivity index (χ2v) is 7.91. The predicted octanol–water partition coefficient (Wildman–Crippen LogP) is 5.75. The van der Waals surface area contributed by atoms with E-state index >= 15 is 0 Å². The molecule has 0 aliphatic carbocycles. The van der Waals surface area contributed by atoms with Crippen molar-refractivity contribution < 1.29 is 4.39 Å². The van der Waals surface area contributed by atoms with Crippen LogP contribution in [0.25, 0.3) is 22.0 Å². The molecule has 1 saturated heterocycles. The number of nitrogens with one attached hydrogen (secondary N) is 1. The van der Waals surface area contributed by atoms with E-state index in [2.05, 4.69) is 63.6 Å². The fourth-order valence-electron chi connectivity index (χ4n) is 4.38. The summed E-state index contributed by atoms with van der Waals surface area (Å²) in [6.45, 7) is 2.98. The molecule has 1 aliphatic heterocycles. The number of hydrogen-bond acceptors (Lipinski definition) is 2. The summed E-state index contributed by atoms with van der Waals surface area (Å²) in [6, 6.07) is 23.9. The Kier molecular flexibility index (Phi) is 4.86. The largest absolute Gasteiger partial charge is 0.299 e. The monoisotopic (exact) mass is 385 g/mol. The Balaban J connectivity index is 1.27. The maximum atomic E-state index is 13.1. The third-order valence-corrected chi connectivity index (χ3v) is 6.01. The molecule has 5 rings (SSSR count). The molecule has 1 N–H and O–H groups in total. The summed E-state index contributed by atoms with van der Waals surface area (Å²) < 4.78 is 13.1.